The molecule has 0 saturated carbocycles. The number of rotatable bonds is 5. The highest BCUT2D eigenvalue weighted by Crippen LogP contribution is 2.40. The summed E-state index contributed by atoms with van der Waals surface area (Å²) in [4.78, 5) is 0. The molecular formula is C20H22NO4S+. The summed E-state index contributed by atoms with van der Waals surface area (Å²) in [6, 6.07) is 14.9. The minimum Gasteiger partial charge on any atom is -0.507 e. The van der Waals surface area contributed by atoms with Crippen molar-refractivity contribution in [1.29, 1.82) is 0 Å². The van der Waals surface area contributed by atoms with Crippen LogP contribution in [0.5, 0.6) is 5.75 Å². The Morgan fingerprint density at radius 1 is 1.04 bits per heavy atom. The molecule has 0 aromatic heterocycles. The van der Waals surface area contributed by atoms with Crippen molar-refractivity contribution in [2.45, 2.75) is 19.3 Å². The molecule has 136 valence electrons. The third kappa shape index (κ3) is 3.57. The lowest BCUT2D eigenvalue weighted by Crippen LogP contribution is -2.29. The first kappa shape index (κ1) is 18.4. The van der Waals surface area contributed by atoms with Crippen molar-refractivity contribution >= 4 is 27.6 Å². The summed E-state index contributed by atoms with van der Waals surface area (Å²) in [6.07, 6.45) is 3.72. The lowest BCUT2D eigenvalue weighted by Gasteiger charge is -2.15. The maximum absolute atomic E-state index is 11.3. The Kier molecular flexibility index (Phi) is 4.73. The van der Waals surface area contributed by atoms with E-state index in [1.54, 1.807) is 12.1 Å². The fraction of sp³-hybridized carbons (Fsp3) is 0.250. The minimum absolute atomic E-state index is 0.153. The molecule has 1 aliphatic heterocycles. The zero-order chi connectivity index (χ0) is 18.9. The second kappa shape index (κ2) is 6.70. The molecule has 0 fully saturated rings. The monoisotopic (exact) mass is 372 g/mol. The molecule has 2 N–H and O–H groups in total. The third-order valence-corrected chi connectivity index (χ3v) is 5.43. The van der Waals surface area contributed by atoms with Gasteiger partial charge < -0.3 is 5.11 Å². The molecule has 26 heavy (non-hydrogen) atoms. The fourth-order valence-corrected chi connectivity index (χ4v) is 3.80. The van der Waals surface area contributed by atoms with Crippen LogP contribution in [-0.2, 0) is 15.5 Å². The van der Waals surface area contributed by atoms with E-state index >= 15 is 0 Å². The molecule has 3 rings (SSSR count). The van der Waals surface area contributed by atoms with Gasteiger partial charge in [0.15, 0.2) is 12.3 Å². The Balaban J connectivity index is 2.09. The largest absolute Gasteiger partial charge is 0.507 e. The van der Waals surface area contributed by atoms with Crippen LogP contribution in [0.25, 0.3) is 6.08 Å². The van der Waals surface area contributed by atoms with Gasteiger partial charge in [0.2, 0.25) is 5.69 Å². The Labute approximate surface area is 153 Å². The molecular weight excluding hydrogens is 350 g/mol. The van der Waals surface area contributed by atoms with Gasteiger partial charge in [-0.2, -0.15) is 13.0 Å². The number of aromatic hydroxyl groups is 1. The molecule has 0 radical (unpaired) electrons. The lowest BCUT2D eigenvalue weighted by atomic mass is 9.81. The van der Waals surface area contributed by atoms with E-state index in [2.05, 4.69) is 13.8 Å². The van der Waals surface area contributed by atoms with Gasteiger partial charge in [0.25, 0.3) is 10.1 Å². The number of phenols is 1. The Hall–Kier alpha value is -2.44. The van der Waals surface area contributed by atoms with Crippen molar-refractivity contribution in [1.82, 2.24) is 0 Å². The lowest BCUT2D eigenvalue weighted by molar-refractivity contribution is -0.432. The van der Waals surface area contributed by atoms with Gasteiger partial charge in [-0.05, 0) is 26.0 Å². The van der Waals surface area contributed by atoms with E-state index in [0.717, 1.165) is 17.0 Å². The average Bonchev–Trinajstić information content (AvgIpc) is 2.79. The van der Waals surface area contributed by atoms with E-state index < -0.39 is 10.1 Å². The number of nitrogens with zero attached hydrogens (tertiary/aromatic N) is 1. The number of fused-ring (bicyclic) bond motifs is 1. The zero-order valence-electron chi connectivity index (χ0n) is 14.8. The highest BCUT2D eigenvalue weighted by atomic mass is 32.2. The smallest absolute Gasteiger partial charge is 0.271 e. The fourth-order valence-electron chi connectivity index (χ4n) is 3.39. The number of phenolic OH excluding ortho intramolecular Hbond substituents is 1. The van der Waals surface area contributed by atoms with Crippen molar-refractivity contribution in [3.63, 3.8) is 0 Å². The SMILES string of the molecule is CC1(C)C(/C=C/c2ccccc2O)=[N+](CCS(=O)(=O)O)c2ccccc21. The van der Waals surface area contributed by atoms with Crippen LogP contribution in [0.1, 0.15) is 25.0 Å². The average molecular weight is 372 g/mol. The number of allylic oxidation sites excluding steroid dienone is 1. The first-order valence-electron chi connectivity index (χ1n) is 8.36. The van der Waals surface area contributed by atoms with Crippen LogP contribution >= 0.6 is 0 Å². The minimum atomic E-state index is -4.07. The van der Waals surface area contributed by atoms with E-state index in [1.165, 1.54) is 0 Å². The molecule has 1 heterocycles. The zero-order valence-corrected chi connectivity index (χ0v) is 15.6. The molecule has 0 saturated heterocycles. The van der Waals surface area contributed by atoms with E-state index in [1.807, 2.05) is 53.1 Å². The summed E-state index contributed by atoms with van der Waals surface area (Å²) >= 11 is 0. The number of benzene rings is 2. The molecule has 0 unspecified atom stereocenters. The van der Waals surface area contributed by atoms with Gasteiger partial charge in [-0.3, -0.25) is 4.55 Å². The number of hydrogen-bond donors (Lipinski definition) is 2. The normalized spacial score (nSPS) is 16.3. The first-order chi connectivity index (χ1) is 12.2. The van der Waals surface area contributed by atoms with Gasteiger partial charge >= 0.3 is 0 Å². The van der Waals surface area contributed by atoms with Gasteiger partial charge in [0, 0.05) is 23.3 Å². The molecule has 2 aromatic carbocycles. The van der Waals surface area contributed by atoms with Crippen LogP contribution in [-0.4, -0.2) is 40.7 Å². The summed E-state index contributed by atoms with van der Waals surface area (Å²) in [6.45, 7) is 4.30. The third-order valence-electron chi connectivity index (χ3n) is 4.73. The van der Waals surface area contributed by atoms with Gasteiger partial charge in [0.1, 0.15) is 11.5 Å². The molecule has 0 bridgehead atoms. The van der Waals surface area contributed by atoms with Gasteiger partial charge in [-0.25, -0.2) is 0 Å². The molecule has 0 atom stereocenters. The van der Waals surface area contributed by atoms with Gasteiger partial charge in [0.05, 0.1) is 5.41 Å². The summed E-state index contributed by atoms with van der Waals surface area (Å²) in [5, 5.41) is 9.98. The summed E-state index contributed by atoms with van der Waals surface area (Å²) < 4.78 is 33.6. The Bertz CT molecular complexity index is 1000. The van der Waals surface area contributed by atoms with Crippen LogP contribution in [0.4, 0.5) is 5.69 Å². The van der Waals surface area contributed by atoms with E-state index in [4.69, 9.17) is 0 Å². The Morgan fingerprint density at radius 2 is 1.69 bits per heavy atom. The first-order valence-corrected chi connectivity index (χ1v) is 9.97. The summed E-state index contributed by atoms with van der Waals surface area (Å²) in [7, 11) is -4.07. The van der Waals surface area contributed by atoms with Crippen LogP contribution in [0.15, 0.2) is 54.6 Å². The second-order valence-corrected chi connectivity index (χ2v) is 8.43. The molecule has 1 aliphatic rings. The van der Waals surface area contributed by atoms with E-state index in [9.17, 15) is 18.1 Å². The van der Waals surface area contributed by atoms with Crippen molar-refractivity contribution in [3.05, 3.63) is 65.7 Å². The highest BCUT2D eigenvalue weighted by Gasteiger charge is 2.44. The highest BCUT2D eigenvalue weighted by molar-refractivity contribution is 7.85. The molecule has 0 spiro atoms. The molecule has 5 nitrogen and oxygen atoms in total. The van der Waals surface area contributed by atoms with Crippen LogP contribution < -0.4 is 0 Å². The van der Waals surface area contributed by atoms with Crippen LogP contribution in [0.2, 0.25) is 0 Å². The molecule has 6 heteroatoms. The van der Waals surface area contributed by atoms with Crippen LogP contribution in [0, 0.1) is 0 Å². The van der Waals surface area contributed by atoms with Crippen molar-refractivity contribution in [2.24, 2.45) is 0 Å². The van der Waals surface area contributed by atoms with Crippen molar-refractivity contribution in [2.75, 3.05) is 12.3 Å². The quantitative estimate of drug-likeness (QED) is 0.623. The predicted octanol–water partition coefficient (Wildman–Crippen LogP) is 3.37. The van der Waals surface area contributed by atoms with E-state index in [0.29, 0.717) is 5.56 Å². The molecule has 2 aromatic rings. The second-order valence-electron chi connectivity index (χ2n) is 6.86. The summed E-state index contributed by atoms with van der Waals surface area (Å²) in [5.74, 6) is -0.173. The molecule has 0 amide bonds. The Morgan fingerprint density at radius 3 is 2.38 bits per heavy atom. The predicted molar refractivity (Wildman–Crippen MR) is 103 cm³/mol. The van der Waals surface area contributed by atoms with Crippen molar-refractivity contribution < 1.29 is 22.7 Å². The maximum Gasteiger partial charge on any atom is 0.271 e. The van der Waals surface area contributed by atoms with Crippen LogP contribution in [0.3, 0.4) is 0 Å². The topological polar surface area (TPSA) is 77.6 Å². The van der Waals surface area contributed by atoms with Gasteiger partial charge in [-0.15, -0.1) is 0 Å². The molecule has 0 aliphatic carbocycles. The standard InChI is InChI=1S/C20H21NO4S/c1-20(2)16-8-4-5-9-17(16)21(13-14-26(23,24)25)19(20)12-11-15-7-3-6-10-18(15)22/h3-12H,13-14H2,1-2H3,(H,23,24,25)/p+1. The number of hydrogen-bond acceptors (Lipinski definition) is 3. The van der Waals surface area contributed by atoms with Crippen molar-refractivity contribution in [3.8, 4) is 5.75 Å². The summed E-state index contributed by atoms with van der Waals surface area (Å²) in [5.41, 5.74) is 3.27. The van der Waals surface area contributed by atoms with Gasteiger partial charge in [-0.1, -0.05) is 36.4 Å². The van der Waals surface area contributed by atoms with E-state index in [-0.39, 0.29) is 23.5 Å². The maximum atomic E-state index is 11.3. The number of para-hydroxylation sites is 2.